The lowest BCUT2D eigenvalue weighted by atomic mass is 10.0. The van der Waals surface area contributed by atoms with Crippen LogP contribution < -0.4 is 15.8 Å². The maximum absolute atomic E-state index is 13.4. The number of nitrogens with two attached hydrogens (primary N) is 1. The first-order chi connectivity index (χ1) is 8.81. The molecule has 0 saturated heterocycles. The SMILES string of the molecule is CC(N)C(C)C(=O)Nc1ccc(OC(F)F)c(F)c1.Cl. The van der Waals surface area contributed by atoms with Crippen LogP contribution in [0.3, 0.4) is 0 Å². The molecule has 0 aromatic heterocycles. The molecule has 2 unspecified atom stereocenters. The molecule has 114 valence electrons. The van der Waals surface area contributed by atoms with Crippen molar-refractivity contribution in [1.29, 1.82) is 0 Å². The summed E-state index contributed by atoms with van der Waals surface area (Å²) in [7, 11) is 0. The molecule has 1 aromatic carbocycles. The monoisotopic (exact) mass is 312 g/mol. The Hall–Kier alpha value is -1.47. The lowest BCUT2D eigenvalue weighted by Crippen LogP contribution is -2.34. The van der Waals surface area contributed by atoms with E-state index in [-0.39, 0.29) is 30.0 Å². The molecule has 2 atom stereocenters. The molecule has 0 aliphatic heterocycles. The van der Waals surface area contributed by atoms with Gasteiger partial charge in [-0.3, -0.25) is 4.79 Å². The van der Waals surface area contributed by atoms with Gasteiger partial charge in [-0.2, -0.15) is 8.78 Å². The number of anilines is 1. The van der Waals surface area contributed by atoms with Crippen molar-refractivity contribution in [2.45, 2.75) is 26.5 Å². The molecule has 0 spiro atoms. The largest absolute Gasteiger partial charge is 0.432 e. The second kappa shape index (κ2) is 7.96. The van der Waals surface area contributed by atoms with Crippen molar-refractivity contribution in [1.82, 2.24) is 0 Å². The Kier molecular flexibility index (Phi) is 7.38. The zero-order chi connectivity index (χ0) is 14.6. The molecule has 0 fully saturated rings. The summed E-state index contributed by atoms with van der Waals surface area (Å²) >= 11 is 0. The molecule has 0 heterocycles. The first-order valence-corrected chi connectivity index (χ1v) is 5.62. The van der Waals surface area contributed by atoms with Crippen molar-refractivity contribution in [2.24, 2.45) is 11.7 Å². The van der Waals surface area contributed by atoms with E-state index in [9.17, 15) is 18.0 Å². The minimum absolute atomic E-state index is 0. The molecule has 0 saturated carbocycles. The number of alkyl halides is 2. The molecule has 20 heavy (non-hydrogen) atoms. The Morgan fingerprint density at radius 3 is 2.40 bits per heavy atom. The molecule has 1 amide bonds. The van der Waals surface area contributed by atoms with Gasteiger partial charge in [0.1, 0.15) is 0 Å². The molecular weight excluding hydrogens is 297 g/mol. The van der Waals surface area contributed by atoms with E-state index in [0.717, 1.165) is 12.1 Å². The Balaban J connectivity index is 0.00000361. The summed E-state index contributed by atoms with van der Waals surface area (Å²) < 4.78 is 41.2. The van der Waals surface area contributed by atoms with Crippen LogP contribution in [-0.2, 0) is 4.79 Å². The number of ether oxygens (including phenoxy) is 1. The Labute approximate surface area is 120 Å². The summed E-state index contributed by atoms with van der Waals surface area (Å²) in [6.45, 7) is 0.197. The van der Waals surface area contributed by atoms with Gasteiger partial charge in [0.15, 0.2) is 11.6 Å². The van der Waals surface area contributed by atoms with Crippen molar-refractivity contribution in [2.75, 3.05) is 5.32 Å². The molecule has 0 radical (unpaired) electrons. The summed E-state index contributed by atoms with van der Waals surface area (Å²) in [6.07, 6.45) is 0. The van der Waals surface area contributed by atoms with E-state index in [1.807, 2.05) is 0 Å². The van der Waals surface area contributed by atoms with Gasteiger partial charge < -0.3 is 15.8 Å². The molecule has 8 heteroatoms. The first kappa shape index (κ1) is 18.5. The van der Waals surface area contributed by atoms with Crippen LogP contribution in [-0.4, -0.2) is 18.6 Å². The fourth-order valence-corrected chi connectivity index (χ4v) is 1.27. The lowest BCUT2D eigenvalue weighted by Gasteiger charge is -2.15. The summed E-state index contributed by atoms with van der Waals surface area (Å²) in [6, 6.07) is 2.84. The van der Waals surface area contributed by atoms with Gasteiger partial charge in [0, 0.05) is 17.8 Å². The maximum atomic E-state index is 13.4. The quantitative estimate of drug-likeness (QED) is 0.878. The number of halogens is 4. The average Bonchev–Trinajstić information content (AvgIpc) is 2.31. The smallest absolute Gasteiger partial charge is 0.387 e. The third-order valence-corrected chi connectivity index (χ3v) is 2.62. The van der Waals surface area contributed by atoms with E-state index < -0.39 is 24.1 Å². The molecule has 0 bridgehead atoms. The van der Waals surface area contributed by atoms with Crippen LogP contribution >= 0.6 is 12.4 Å². The minimum Gasteiger partial charge on any atom is -0.432 e. The van der Waals surface area contributed by atoms with Gasteiger partial charge in [-0.05, 0) is 19.1 Å². The fourth-order valence-electron chi connectivity index (χ4n) is 1.27. The van der Waals surface area contributed by atoms with Gasteiger partial charge in [0.2, 0.25) is 5.91 Å². The van der Waals surface area contributed by atoms with E-state index in [2.05, 4.69) is 10.1 Å². The van der Waals surface area contributed by atoms with Gasteiger partial charge in [-0.25, -0.2) is 4.39 Å². The first-order valence-electron chi connectivity index (χ1n) is 5.62. The second-order valence-corrected chi connectivity index (χ2v) is 4.16. The van der Waals surface area contributed by atoms with Crippen LogP contribution in [0.2, 0.25) is 0 Å². The minimum atomic E-state index is -3.10. The molecule has 0 aliphatic rings. The Morgan fingerprint density at radius 2 is 1.95 bits per heavy atom. The predicted molar refractivity (Wildman–Crippen MR) is 71.7 cm³/mol. The fraction of sp³-hybridized carbons (Fsp3) is 0.417. The number of rotatable bonds is 5. The second-order valence-electron chi connectivity index (χ2n) is 4.16. The number of nitrogens with one attached hydrogen (secondary N) is 1. The van der Waals surface area contributed by atoms with Crippen molar-refractivity contribution >= 4 is 24.0 Å². The van der Waals surface area contributed by atoms with Gasteiger partial charge in [0.05, 0.1) is 5.92 Å². The van der Waals surface area contributed by atoms with Crippen LogP contribution in [0.25, 0.3) is 0 Å². The topological polar surface area (TPSA) is 64.4 Å². The van der Waals surface area contributed by atoms with Crippen LogP contribution in [0, 0.1) is 11.7 Å². The van der Waals surface area contributed by atoms with Gasteiger partial charge in [-0.1, -0.05) is 6.92 Å². The normalized spacial score (nSPS) is 13.3. The van der Waals surface area contributed by atoms with E-state index >= 15 is 0 Å². The molecule has 3 N–H and O–H groups in total. The highest BCUT2D eigenvalue weighted by Gasteiger charge is 2.18. The van der Waals surface area contributed by atoms with E-state index in [1.54, 1.807) is 13.8 Å². The standard InChI is InChI=1S/C12H15F3N2O2.ClH/c1-6(7(2)16)11(18)17-8-3-4-10(9(13)5-8)19-12(14)15;/h3-7,12H,16H2,1-2H3,(H,17,18);1H. The number of hydrogen-bond donors (Lipinski definition) is 2. The number of hydrogen-bond acceptors (Lipinski definition) is 3. The van der Waals surface area contributed by atoms with Gasteiger partial charge in [0.25, 0.3) is 0 Å². The number of carbonyl (C=O) groups excluding carboxylic acids is 1. The van der Waals surface area contributed by atoms with Crippen molar-refractivity contribution in [3.8, 4) is 5.75 Å². The maximum Gasteiger partial charge on any atom is 0.387 e. The highest BCUT2D eigenvalue weighted by molar-refractivity contribution is 5.92. The van der Waals surface area contributed by atoms with E-state index in [0.29, 0.717) is 0 Å². The van der Waals surface area contributed by atoms with Crippen molar-refractivity contribution in [3.63, 3.8) is 0 Å². The van der Waals surface area contributed by atoms with E-state index in [4.69, 9.17) is 5.73 Å². The summed E-state index contributed by atoms with van der Waals surface area (Å²) in [5.74, 6) is -2.39. The highest BCUT2D eigenvalue weighted by atomic mass is 35.5. The molecule has 4 nitrogen and oxygen atoms in total. The summed E-state index contributed by atoms with van der Waals surface area (Å²) in [4.78, 5) is 11.7. The third kappa shape index (κ3) is 5.26. The van der Waals surface area contributed by atoms with Crippen LogP contribution in [0.4, 0.5) is 18.9 Å². The van der Waals surface area contributed by atoms with Crippen molar-refractivity contribution in [3.05, 3.63) is 24.0 Å². The zero-order valence-electron chi connectivity index (χ0n) is 10.9. The number of amides is 1. The molecular formula is C12H16ClF3N2O2. The number of benzene rings is 1. The van der Waals surface area contributed by atoms with Gasteiger partial charge >= 0.3 is 6.61 Å². The zero-order valence-corrected chi connectivity index (χ0v) is 11.7. The van der Waals surface area contributed by atoms with E-state index in [1.165, 1.54) is 6.07 Å². The molecule has 1 aromatic rings. The molecule has 1 rings (SSSR count). The van der Waals surface area contributed by atoms with Crippen molar-refractivity contribution < 1.29 is 22.7 Å². The average molecular weight is 313 g/mol. The molecule has 0 aliphatic carbocycles. The van der Waals surface area contributed by atoms with Gasteiger partial charge in [-0.15, -0.1) is 12.4 Å². The highest BCUT2D eigenvalue weighted by Crippen LogP contribution is 2.23. The van der Waals surface area contributed by atoms with Crippen LogP contribution in [0.5, 0.6) is 5.75 Å². The van der Waals surface area contributed by atoms with Crippen LogP contribution in [0.1, 0.15) is 13.8 Å². The lowest BCUT2D eigenvalue weighted by molar-refractivity contribution is -0.119. The summed E-state index contributed by atoms with van der Waals surface area (Å²) in [5, 5.41) is 2.44. The Bertz CT molecular complexity index is 458. The predicted octanol–water partition coefficient (Wildman–Crippen LogP) is 2.77. The summed E-state index contributed by atoms with van der Waals surface area (Å²) in [5.41, 5.74) is 5.71. The Morgan fingerprint density at radius 1 is 1.35 bits per heavy atom. The van der Waals surface area contributed by atoms with Crippen LogP contribution in [0.15, 0.2) is 18.2 Å². The third-order valence-electron chi connectivity index (χ3n) is 2.62. The number of carbonyl (C=O) groups is 1.